The summed E-state index contributed by atoms with van der Waals surface area (Å²) in [5.41, 5.74) is 1.52. The minimum absolute atomic E-state index is 0.0593. The first-order valence-electron chi connectivity index (χ1n) is 10.1. The van der Waals surface area contributed by atoms with Crippen molar-refractivity contribution in [3.05, 3.63) is 62.7 Å². The quantitative estimate of drug-likeness (QED) is 0.419. The van der Waals surface area contributed by atoms with Crippen LogP contribution in [0.2, 0.25) is 0 Å². The highest BCUT2D eigenvalue weighted by Crippen LogP contribution is 2.38. The number of amides is 1. The van der Waals surface area contributed by atoms with Gasteiger partial charge in [0.1, 0.15) is 12.4 Å². The Balaban J connectivity index is 1.88. The summed E-state index contributed by atoms with van der Waals surface area (Å²) in [6, 6.07) is 9.92. The zero-order valence-corrected chi connectivity index (χ0v) is 20.1. The third kappa shape index (κ3) is 5.68. The largest absolute Gasteiger partial charge is 0.490 e. The molecule has 1 heterocycles. The lowest BCUT2D eigenvalue weighted by molar-refractivity contribution is -0.122. The van der Waals surface area contributed by atoms with E-state index in [0.29, 0.717) is 36.1 Å². The van der Waals surface area contributed by atoms with Crippen LogP contribution in [0.15, 0.2) is 50.8 Å². The maximum absolute atomic E-state index is 13.4. The van der Waals surface area contributed by atoms with Crippen molar-refractivity contribution in [1.82, 2.24) is 4.90 Å². The molecule has 2 aromatic carbocycles. The number of amidine groups is 1. The number of aliphatic imine (C=N–C) groups is 1. The molecule has 0 N–H and O–H groups in total. The normalized spacial score (nSPS) is 16.4. The third-order valence-corrected chi connectivity index (χ3v) is 6.16. The van der Waals surface area contributed by atoms with E-state index in [1.54, 1.807) is 23.1 Å². The monoisotopic (exact) mass is 506 g/mol. The topological polar surface area (TPSA) is 51.1 Å². The van der Waals surface area contributed by atoms with Gasteiger partial charge in [0.2, 0.25) is 0 Å². The van der Waals surface area contributed by atoms with Crippen LogP contribution in [-0.2, 0) is 11.4 Å². The molecule has 0 saturated carbocycles. The Morgan fingerprint density at radius 3 is 2.61 bits per heavy atom. The lowest BCUT2D eigenvalue weighted by atomic mass is 10.1. The number of hydrogen-bond acceptors (Lipinski definition) is 5. The van der Waals surface area contributed by atoms with E-state index < -0.39 is 0 Å². The zero-order chi connectivity index (χ0) is 22.4. The van der Waals surface area contributed by atoms with Gasteiger partial charge in [0.05, 0.1) is 11.5 Å². The van der Waals surface area contributed by atoms with E-state index in [9.17, 15) is 9.18 Å². The molecule has 1 aliphatic heterocycles. The molecular weight excluding hydrogens is 483 g/mol. The van der Waals surface area contributed by atoms with E-state index in [-0.39, 0.29) is 18.3 Å². The first-order valence-corrected chi connectivity index (χ1v) is 11.7. The Bertz CT molecular complexity index is 1030. The molecule has 31 heavy (non-hydrogen) atoms. The number of carbonyl (C=O) groups excluding carboxylic acids is 1. The summed E-state index contributed by atoms with van der Waals surface area (Å²) >= 11 is 4.94. The fraction of sp³-hybridized carbons (Fsp3) is 0.304. The summed E-state index contributed by atoms with van der Waals surface area (Å²) in [5, 5.41) is 0.720. The average molecular weight is 507 g/mol. The first-order chi connectivity index (χ1) is 15.0. The first kappa shape index (κ1) is 23.3. The molecule has 0 radical (unpaired) electrons. The Labute approximate surface area is 194 Å². The summed E-state index contributed by atoms with van der Waals surface area (Å²) in [6.07, 6.45) is 1.83. The molecule has 8 heteroatoms. The molecule has 1 aliphatic rings. The number of nitrogens with zero attached hydrogens (tertiary/aromatic N) is 2. The van der Waals surface area contributed by atoms with Crippen molar-refractivity contribution in [3.8, 4) is 11.5 Å². The van der Waals surface area contributed by atoms with Crippen molar-refractivity contribution in [2.24, 2.45) is 4.99 Å². The number of rotatable bonds is 8. The maximum Gasteiger partial charge on any atom is 0.266 e. The molecule has 0 bridgehead atoms. The lowest BCUT2D eigenvalue weighted by Crippen LogP contribution is -2.28. The molecule has 0 aromatic heterocycles. The number of benzene rings is 2. The summed E-state index contributed by atoms with van der Waals surface area (Å²) in [4.78, 5) is 19.5. The van der Waals surface area contributed by atoms with Gasteiger partial charge in [0.25, 0.3) is 5.91 Å². The average Bonchev–Trinajstić information content (AvgIpc) is 3.03. The Kier molecular flexibility index (Phi) is 8.15. The second kappa shape index (κ2) is 10.8. The zero-order valence-electron chi connectivity index (χ0n) is 17.7. The van der Waals surface area contributed by atoms with Crippen LogP contribution in [0.5, 0.6) is 11.5 Å². The molecule has 0 aliphatic carbocycles. The molecular formula is C23H24BrFN2O3S. The van der Waals surface area contributed by atoms with Crippen LogP contribution < -0.4 is 9.47 Å². The maximum atomic E-state index is 13.4. The van der Waals surface area contributed by atoms with Crippen LogP contribution in [0.25, 0.3) is 6.08 Å². The predicted octanol–water partition coefficient (Wildman–Crippen LogP) is 5.88. The Morgan fingerprint density at radius 1 is 1.16 bits per heavy atom. The number of hydrogen-bond donors (Lipinski definition) is 0. The Morgan fingerprint density at radius 2 is 1.94 bits per heavy atom. The lowest BCUT2D eigenvalue weighted by Gasteiger charge is -2.14. The van der Waals surface area contributed by atoms with Crippen molar-refractivity contribution in [2.45, 2.75) is 27.4 Å². The molecule has 3 rings (SSSR count). The molecule has 1 fully saturated rings. The van der Waals surface area contributed by atoms with E-state index in [2.05, 4.69) is 20.9 Å². The van der Waals surface area contributed by atoms with E-state index in [1.807, 2.05) is 32.9 Å². The SMILES string of the molecule is CCN=C1S/C(=C\c2cc(OCC)c(OCc3cccc(F)c3)cc2Br)C(=O)N1CC. The number of thioether (sulfide) groups is 1. The fourth-order valence-electron chi connectivity index (χ4n) is 3.01. The van der Waals surface area contributed by atoms with Gasteiger partial charge in [-0.1, -0.05) is 28.1 Å². The number of halogens is 2. The van der Waals surface area contributed by atoms with Gasteiger partial charge in [-0.2, -0.15) is 0 Å². The highest BCUT2D eigenvalue weighted by molar-refractivity contribution is 9.10. The van der Waals surface area contributed by atoms with Gasteiger partial charge in [0.15, 0.2) is 16.7 Å². The highest BCUT2D eigenvalue weighted by Gasteiger charge is 2.32. The molecule has 0 spiro atoms. The minimum atomic E-state index is -0.305. The van der Waals surface area contributed by atoms with Gasteiger partial charge in [0, 0.05) is 17.6 Å². The minimum Gasteiger partial charge on any atom is -0.490 e. The van der Waals surface area contributed by atoms with Crippen LogP contribution in [0.4, 0.5) is 4.39 Å². The van der Waals surface area contributed by atoms with Crippen molar-refractivity contribution < 1.29 is 18.7 Å². The van der Waals surface area contributed by atoms with Crippen molar-refractivity contribution in [1.29, 1.82) is 0 Å². The summed E-state index contributed by atoms with van der Waals surface area (Å²) < 4.78 is 25.9. The molecule has 5 nitrogen and oxygen atoms in total. The van der Waals surface area contributed by atoms with Crippen LogP contribution in [-0.4, -0.2) is 35.7 Å². The summed E-state index contributed by atoms with van der Waals surface area (Å²) in [6.45, 7) is 7.62. The van der Waals surface area contributed by atoms with Crippen molar-refractivity contribution in [2.75, 3.05) is 19.7 Å². The third-order valence-electron chi connectivity index (χ3n) is 4.43. The van der Waals surface area contributed by atoms with Crippen LogP contribution >= 0.6 is 27.7 Å². The molecule has 2 aromatic rings. The van der Waals surface area contributed by atoms with E-state index >= 15 is 0 Å². The van der Waals surface area contributed by atoms with Crippen molar-refractivity contribution in [3.63, 3.8) is 0 Å². The van der Waals surface area contributed by atoms with Gasteiger partial charge >= 0.3 is 0 Å². The predicted molar refractivity (Wildman–Crippen MR) is 127 cm³/mol. The van der Waals surface area contributed by atoms with Crippen LogP contribution in [0.3, 0.4) is 0 Å². The molecule has 164 valence electrons. The number of ether oxygens (including phenoxy) is 2. The Hall–Kier alpha value is -2.32. The number of carbonyl (C=O) groups is 1. The standard InChI is InChI=1S/C23H24BrFN2O3S/c1-4-26-23-27(5-2)22(28)21(31-23)12-16-11-19(29-6-3)20(13-18(16)24)30-14-15-8-7-9-17(25)10-15/h7-13H,4-6,14H2,1-3H3/b21-12-,26-23?. The van der Waals surface area contributed by atoms with Gasteiger partial charge in [-0.25, -0.2) is 4.39 Å². The smallest absolute Gasteiger partial charge is 0.266 e. The van der Waals surface area contributed by atoms with E-state index in [0.717, 1.165) is 20.8 Å². The molecule has 0 atom stereocenters. The van der Waals surface area contributed by atoms with Crippen molar-refractivity contribution >= 4 is 44.8 Å². The van der Waals surface area contributed by atoms with Gasteiger partial charge < -0.3 is 9.47 Å². The molecule has 0 unspecified atom stereocenters. The van der Waals surface area contributed by atoms with E-state index in [4.69, 9.17) is 9.47 Å². The second-order valence-corrected chi connectivity index (χ2v) is 8.45. The van der Waals surface area contributed by atoms with Crippen LogP contribution in [0, 0.1) is 5.82 Å². The van der Waals surface area contributed by atoms with Gasteiger partial charge in [-0.05, 0) is 74.0 Å². The summed E-state index contributed by atoms with van der Waals surface area (Å²) in [5.74, 6) is 0.726. The summed E-state index contributed by atoms with van der Waals surface area (Å²) in [7, 11) is 0. The van der Waals surface area contributed by atoms with Crippen LogP contribution in [0.1, 0.15) is 31.9 Å². The van der Waals surface area contributed by atoms with Gasteiger partial charge in [-0.15, -0.1) is 0 Å². The molecule has 1 amide bonds. The highest BCUT2D eigenvalue weighted by atomic mass is 79.9. The molecule has 1 saturated heterocycles. The van der Waals surface area contributed by atoms with E-state index in [1.165, 1.54) is 23.9 Å². The number of likely N-dealkylation sites (N-methyl/N-ethyl adjacent to an activating group) is 1. The second-order valence-electron chi connectivity index (χ2n) is 6.59. The van der Waals surface area contributed by atoms with Gasteiger partial charge in [-0.3, -0.25) is 14.7 Å². The fourth-order valence-corrected chi connectivity index (χ4v) is 4.54.